The van der Waals surface area contributed by atoms with Gasteiger partial charge in [0.2, 0.25) is 11.7 Å². The van der Waals surface area contributed by atoms with Crippen LogP contribution in [0, 0.1) is 0 Å². The molecule has 2 bridgehead atoms. The summed E-state index contributed by atoms with van der Waals surface area (Å²) in [6, 6.07) is 8.74. The molecule has 2 atom stereocenters. The summed E-state index contributed by atoms with van der Waals surface area (Å²) in [7, 11) is 0. The Kier molecular flexibility index (Phi) is 2.45. The minimum atomic E-state index is -0.217. The molecule has 2 N–H and O–H groups in total. The molecule has 6 rings (SSSR count). The smallest absolute Gasteiger partial charge is 0.361 e. The second kappa shape index (κ2) is 4.38. The number of allylic oxidation sites excluding steroid dienone is 1. The van der Waals surface area contributed by atoms with Gasteiger partial charge in [-0.3, -0.25) is 0 Å². The topological polar surface area (TPSA) is 68.6 Å². The van der Waals surface area contributed by atoms with Gasteiger partial charge in [-0.1, -0.05) is 23.2 Å². The van der Waals surface area contributed by atoms with Gasteiger partial charge in [-0.25, -0.2) is 9.79 Å². The summed E-state index contributed by atoms with van der Waals surface area (Å²) in [5, 5.41) is 0.830. The van der Waals surface area contributed by atoms with Gasteiger partial charge < -0.3 is 10.2 Å². The average molecular weight is 383 g/mol. The molecule has 2 aromatic heterocycles. The van der Waals surface area contributed by atoms with Crippen molar-refractivity contribution in [3.8, 4) is 0 Å². The van der Waals surface area contributed by atoms with Crippen LogP contribution in [-0.4, -0.2) is 18.2 Å². The Morgan fingerprint density at radius 2 is 1.85 bits per heavy atom. The van der Waals surface area contributed by atoms with E-state index in [1.165, 1.54) is 0 Å². The molecule has 0 spiro atoms. The van der Waals surface area contributed by atoms with Crippen LogP contribution in [-0.2, 0) is 0 Å². The fraction of sp³-hybridized carbons (Fsp3) is 0.0526. The van der Waals surface area contributed by atoms with Gasteiger partial charge in [-0.05, 0) is 24.3 Å². The zero-order valence-electron chi connectivity index (χ0n) is 13.2. The summed E-state index contributed by atoms with van der Waals surface area (Å²) >= 11 is 12.3. The third kappa shape index (κ3) is 1.41. The second-order valence-corrected chi connectivity index (χ2v) is 7.43. The standard InChI is InChI=1S/C19H10Cl2N3O2/c20-10-2-1-8(7-11(10)21)24-16-9(5-6-23-18(22)17(16)24)14-12-3-4-13(26-12)15(14)19(24)25/h1-7,16H,22H2/q+1. The molecule has 3 aliphatic rings. The van der Waals surface area contributed by atoms with E-state index in [9.17, 15) is 4.79 Å². The highest BCUT2D eigenvalue weighted by molar-refractivity contribution is 6.42. The number of carbonyl (C=O) groups excluding carboxylic acids is 1. The van der Waals surface area contributed by atoms with Gasteiger partial charge in [-0.2, -0.15) is 4.48 Å². The van der Waals surface area contributed by atoms with Gasteiger partial charge in [0.05, 0.1) is 10.0 Å². The van der Waals surface area contributed by atoms with Gasteiger partial charge in [0.15, 0.2) is 5.82 Å². The first kappa shape index (κ1) is 14.6. The minimum Gasteiger partial charge on any atom is -0.456 e. The molecular weight excluding hydrogens is 373 g/mol. The predicted molar refractivity (Wildman–Crippen MR) is 101 cm³/mol. The van der Waals surface area contributed by atoms with Crippen molar-refractivity contribution in [3.05, 3.63) is 69.1 Å². The highest BCUT2D eigenvalue weighted by Crippen LogP contribution is 2.62. The van der Waals surface area contributed by atoms with E-state index in [0.717, 1.165) is 22.5 Å². The normalized spacial score (nSPS) is 26.0. The van der Waals surface area contributed by atoms with Crippen LogP contribution in [0.4, 0.5) is 5.69 Å². The Morgan fingerprint density at radius 3 is 2.62 bits per heavy atom. The molecule has 0 saturated carbocycles. The summed E-state index contributed by atoms with van der Waals surface area (Å²) in [6.07, 6.45) is 3.59. The van der Waals surface area contributed by atoms with Crippen molar-refractivity contribution in [2.45, 2.75) is 6.04 Å². The maximum atomic E-state index is 13.7. The number of benzene rings is 2. The van der Waals surface area contributed by atoms with Crippen LogP contribution in [0.1, 0.15) is 15.9 Å². The lowest BCUT2D eigenvalue weighted by Gasteiger charge is -2.22. The number of nitrogens with two attached hydrogens (primary N) is 1. The molecular formula is C19H10Cl2N3O2+. The second-order valence-electron chi connectivity index (χ2n) is 6.61. The number of aliphatic imine (C=N–C) groups is 1. The van der Waals surface area contributed by atoms with E-state index in [-0.39, 0.29) is 16.4 Å². The molecule has 3 aromatic rings. The van der Waals surface area contributed by atoms with Gasteiger partial charge in [-0.15, -0.1) is 0 Å². The third-order valence-corrected chi connectivity index (χ3v) is 6.20. The molecule has 26 heavy (non-hydrogen) atoms. The molecule has 0 radical (unpaired) electrons. The number of quaternary nitrogens is 1. The molecule has 3 aliphatic heterocycles. The largest absolute Gasteiger partial charge is 0.456 e. The fourth-order valence-electron chi connectivity index (χ4n) is 4.41. The van der Waals surface area contributed by atoms with Crippen LogP contribution in [0.3, 0.4) is 0 Å². The lowest BCUT2D eigenvalue weighted by molar-refractivity contribution is 0.0886. The van der Waals surface area contributed by atoms with E-state index in [4.69, 9.17) is 33.4 Å². The van der Waals surface area contributed by atoms with E-state index in [2.05, 4.69) is 4.99 Å². The SMILES string of the molecule is NC1=C2C3C(=CC=N1)c1c(c4ccc1o4)C(=O)[N+]23c1ccc(Cl)c(Cl)c1. The van der Waals surface area contributed by atoms with E-state index in [1.807, 2.05) is 24.3 Å². The van der Waals surface area contributed by atoms with Crippen molar-refractivity contribution in [2.75, 3.05) is 0 Å². The van der Waals surface area contributed by atoms with Gasteiger partial charge in [0.1, 0.15) is 22.4 Å². The molecule has 7 heteroatoms. The molecule has 2 unspecified atom stereocenters. The lowest BCUT2D eigenvalue weighted by Crippen LogP contribution is -2.40. The Bertz CT molecular complexity index is 1250. The summed E-state index contributed by atoms with van der Waals surface area (Å²) in [4.78, 5) is 18.0. The quantitative estimate of drug-likeness (QED) is 0.503. The van der Waals surface area contributed by atoms with Crippen LogP contribution in [0.15, 0.2) is 57.3 Å². The minimum absolute atomic E-state index is 0.0291. The molecule has 0 aliphatic carbocycles. The van der Waals surface area contributed by atoms with Crippen LogP contribution < -0.4 is 10.2 Å². The van der Waals surface area contributed by atoms with E-state index < -0.39 is 0 Å². The number of hydrogen-bond acceptors (Lipinski definition) is 4. The maximum absolute atomic E-state index is 13.7. The molecule has 126 valence electrons. The number of rotatable bonds is 1. The zero-order valence-corrected chi connectivity index (χ0v) is 14.7. The Hall–Kier alpha value is -2.60. The van der Waals surface area contributed by atoms with Crippen LogP contribution in [0.5, 0.6) is 0 Å². The van der Waals surface area contributed by atoms with Gasteiger partial charge >= 0.3 is 5.91 Å². The van der Waals surface area contributed by atoms with Crippen molar-refractivity contribution < 1.29 is 9.21 Å². The van der Waals surface area contributed by atoms with E-state index >= 15 is 0 Å². The van der Waals surface area contributed by atoms with Crippen molar-refractivity contribution in [2.24, 2.45) is 10.7 Å². The van der Waals surface area contributed by atoms with Crippen LogP contribution in [0.2, 0.25) is 10.0 Å². The third-order valence-electron chi connectivity index (χ3n) is 5.47. The number of hydrogen-bond donors (Lipinski definition) is 1. The highest BCUT2D eigenvalue weighted by atomic mass is 35.5. The predicted octanol–water partition coefficient (Wildman–Crippen LogP) is 4.32. The molecule has 1 amide bonds. The summed E-state index contributed by atoms with van der Waals surface area (Å²) in [6.45, 7) is 0. The van der Waals surface area contributed by atoms with Crippen molar-refractivity contribution >= 4 is 57.8 Å². The van der Waals surface area contributed by atoms with Gasteiger partial charge in [0, 0.05) is 29.5 Å². The number of amides is 1. The number of carbonyl (C=O) groups is 1. The van der Waals surface area contributed by atoms with E-state index in [0.29, 0.717) is 32.6 Å². The maximum Gasteiger partial charge on any atom is 0.361 e. The Balaban J connectivity index is 1.73. The number of halogens is 2. The number of fused-ring (bicyclic) bond motifs is 7. The van der Waals surface area contributed by atoms with Crippen molar-refractivity contribution in [1.82, 2.24) is 4.48 Å². The molecule has 1 saturated heterocycles. The first-order chi connectivity index (χ1) is 12.5. The number of nitrogens with zero attached hydrogens (tertiary/aromatic N) is 2. The van der Waals surface area contributed by atoms with Crippen LogP contribution in [0.25, 0.3) is 16.7 Å². The molecule has 5 heterocycles. The van der Waals surface area contributed by atoms with Crippen LogP contribution >= 0.6 is 23.2 Å². The highest BCUT2D eigenvalue weighted by Gasteiger charge is 2.76. The Morgan fingerprint density at radius 1 is 1.08 bits per heavy atom. The van der Waals surface area contributed by atoms with E-state index in [1.54, 1.807) is 18.3 Å². The van der Waals surface area contributed by atoms with Gasteiger partial charge in [0.25, 0.3) is 0 Å². The fourth-order valence-corrected chi connectivity index (χ4v) is 4.70. The first-order valence-corrected chi connectivity index (χ1v) is 8.79. The van der Waals surface area contributed by atoms with Crippen molar-refractivity contribution in [1.29, 1.82) is 0 Å². The van der Waals surface area contributed by atoms with Crippen molar-refractivity contribution in [3.63, 3.8) is 0 Å². The summed E-state index contributed by atoms with van der Waals surface area (Å²) < 4.78 is 5.75. The molecule has 1 aromatic carbocycles. The monoisotopic (exact) mass is 382 g/mol. The summed E-state index contributed by atoms with van der Waals surface area (Å²) in [5.74, 6) is 0.281. The molecule has 5 nitrogen and oxygen atoms in total. The average Bonchev–Trinajstić information content (AvgIpc) is 2.99. The Labute approximate surface area is 157 Å². The first-order valence-electron chi connectivity index (χ1n) is 8.04. The lowest BCUT2D eigenvalue weighted by atomic mass is 9.92. The molecule has 1 fully saturated rings. The number of furan rings is 2. The summed E-state index contributed by atoms with van der Waals surface area (Å²) in [5.41, 5.74) is 11.4. The zero-order chi connectivity index (χ0) is 17.8.